The Morgan fingerprint density at radius 2 is 1.85 bits per heavy atom. The van der Waals surface area contributed by atoms with Crippen LogP contribution in [-0.2, 0) is 16.0 Å². The van der Waals surface area contributed by atoms with Crippen molar-refractivity contribution in [2.75, 3.05) is 11.9 Å². The summed E-state index contributed by atoms with van der Waals surface area (Å²) in [6, 6.07) is 8.99. The second-order valence-corrected chi connectivity index (χ2v) is 5.54. The molecule has 26 heavy (non-hydrogen) atoms. The molecule has 2 N–H and O–H groups in total. The first-order valence-corrected chi connectivity index (χ1v) is 7.85. The summed E-state index contributed by atoms with van der Waals surface area (Å²) in [6.45, 7) is 3.07. The number of phenols is 1. The molecule has 2 aromatic carbocycles. The van der Waals surface area contributed by atoms with Crippen LogP contribution in [0.2, 0.25) is 0 Å². The maximum absolute atomic E-state index is 12.1. The van der Waals surface area contributed by atoms with Crippen molar-refractivity contribution in [1.29, 1.82) is 0 Å². The molecule has 1 amide bonds. The van der Waals surface area contributed by atoms with Gasteiger partial charge in [0, 0.05) is 19.1 Å². The van der Waals surface area contributed by atoms with Gasteiger partial charge in [-0.25, -0.2) is 4.79 Å². The highest BCUT2D eigenvalue weighted by molar-refractivity contribution is 5.98. The van der Waals surface area contributed by atoms with Gasteiger partial charge >= 0.3 is 5.97 Å². The lowest BCUT2D eigenvalue weighted by Gasteiger charge is -2.13. The number of ether oxygens (including phenoxy) is 1. The minimum atomic E-state index is -0.706. The van der Waals surface area contributed by atoms with Crippen LogP contribution >= 0.6 is 0 Å². The number of carbonyl (C=O) groups is 2. The molecule has 2 rings (SSSR count). The number of aromatic hydroxyl groups is 1. The van der Waals surface area contributed by atoms with Crippen LogP contribution in [0.3, 0.4) is 0 Å². The molecule has 0 radical (unpaired) electrons. The fraction of sp³-hybridized carbons (Fsp3) is 0.222. The number of non-ortho nitro benzene ring substituents is 1. The molecule has 0 bridgehead atoms. The van der Waals surface area contributed by atoms with E-state index >= 15 is 0 Å². The van der Waals surface area contributed by atoms with E-state index in [4.69, 9.17) is 4.74 Å². The molecule has 0 saturated carbocycles. The Kier molecular flexibility index (Phi) is 5.90. The highest BCUT2D eigenvalue weighted by Gasteiger charge is 2.18. The second-order valence-electron chi connectivity index (χ2n) is 5.54. The molecule has 0 atom stereocenters. The van der Waals surface area contributed by atoms with Gasteiger partial charge in [0.05, 0.1) is 17.2 Å². The molecule has 0 saturated heterocycles. The first-order valence-electron chi connectivity index (χ1n) is 7.85. The van der Waals surface area contributed by atoms with Crippen molar-refractivity contribution in [3.8, 4) is 5.75 Å². The monoisotopic (exact) mass is 358 g/mol. The molecule has 0 heterocycles. The van der Waals surface area contributed by atoms with Crippen molar-refractivity contribution in [3.63, 3.8) is 0 Å². The summed E-state index contributed by atoms with van der Waals surface area (Å²) in [6.07, 6.45) is 0.345. The van der Waals surface area contributed by atoms with E-state index < -0.39 is 16.8 Å². The van der Waals surface area contributed by atoms with Gasteiger partial charge in [0.15, 0.2) is 5.75 Å². The highest BCUT2D eigenvalue weighted by Crippen LogP contribution is 2.31. The largest absolute Gasteiger partial charge is 0.505 e. The lowest BCUT2D eigenvalue weighted by atomic mass is 10.0. The van der Waals surface area contributed by atoms with E-state index in [9.17, 15) is 24.8 Å². The van der Waals surface area contributed by atoms with Crippen LogP contribution in [0.25, 0.3) is 0 Å². The molecule has 0 aliphatic rings. The van der Waals surface area contributed by atoms with Gasteiger partial charge in [-0.2, -0.15) is 0 Å². The molecule has 136 valence electrons. The Balaban J connectivity index is 2.39. The second kappa shape index (κ2) is 8.11. The Morgan fingerprint density at radius 3 is 2.38 bits per heavy atom. The standard InChI is InChI=1S/C18H18N2O6/c1-3-26-18(23)15-9-13(10-16(17(15)22)19-11(2)21)8-12-4-6-14(7-5-12)20(24)25/h4-7,9-10,22H,3,8H2,1-2H3,(H,19,21). The van der Waals surface area contributed by atoms with Crippen LogP contribution in [0.5, 0.6) is 5.75 Å². The van der Waals surface area contributed by atoms with Gasteiger partial charge in [0.1, 0.15) is 5.56 Å². The molecule has 0 unspecified atom stereocenters. The summed E-state index contributed by atoms with van der Waals surface area (Å²) >= 11 is 0. The maximum atomic E-state index is 12.1. The quantitative estimate of drug-likeness (QED) is 0.354. The van der Waals surface area contributed by atoms with E-state index in [1.807, 2.05) is 0 Å². The normalized spacial score (nSPS) is 10.2. The highest BCUT2D eigenvalue weighted by atomic mass is 16.6. The topological polar surface area (TPSA) is 119 Å². The molecule has 0 aliphatic carbocycles. The van der Waals surface area contributed by atoms with E-state index in [-0.39, 0.29) is 29.3 Å². The summed E-state index contributed by atoms with van der Waals surface area (Å²) in [5.74, 6) is -1.48. The van der Waals surface area contributed by atoms with Crippen molar-refractivity contribution in [2.24, 2.45) is 0 Å². The number of phenolic OH excluding ortho intramolecular Hbond substituents is 1. The first-order chi connectivity index (χ1) is 12.3. The van der Waals surface area contributed by atoms with Gasteiger partial charge in [-0.3, -0.25) is 14.9 Å². The number of amides is 1. The number of carbonyl (C=O) groups excluding carboxylic acids is 2. The predicted molar refractivity (Wildman–Crippen MR) is 94.3 cm³/mol. The van der Waals surface area contributed by atoms with Crippen LogP contribution in [-0.4, -0.2) is 28.5 Å². The number of rotatable bonds is 6. The van der Waals surface area contributed by atoms with Crippen LogP contribution in [0.1, 0.15) is 35.3 Å². The Labute approximate surface area is 149 Å². The molecule has 2 aromatic rings. The smallest absolute Gasteiger partial charge is 0.341 e. The average Bonchev–Trinajstić information content (AvgIpc) is 2.57. The Hall–Kier alpha value is -3.42. The van der Waals surface area contributed by atoms with E-state index in [2.05, 4.69) is 5.32 Å². The molecular weight excluding hydrogens is 340 g/mol. The fourth-order valence-electron chi connectivity index (χ4n) is 2.42. The number of benzene rings is 2. The van der Waals surface area contributed by atoms with E-state index in [1.54, 1.807) is 25.1 Å². The third-order valence-electron chi connectivity index (χ3n) is 3.53. The van der Waals surface area contributed by atoms with E-state index in [0.29, 0.717) is 12.0 Å². The zero-order valence-corrected chi connectivity index (χ0v) is 14.3. The number of esters is 1. The minimum absolute atomic E-state index is 0.0226. The van der Waals surface area contributed by atoms with Crippen LogP contribution < -0.4 is 5.32 Å². The number of anilines is 1. The van der Waals surface area contributed by atoms with Gasteiger partial charge in [-0.1, -0.05) is 12.1 Å². The SMILES string of the molecule is CCOC(=O)c1cc(Cc2ccc([N+](=O)[O-])cc2)cc(NC(C)=O)c1O. The fourth-order valence-corrected chi connectivity index (χ4v) is 2.42. The maximum Gasteiger partial charge on any atom is 0.341 e. The van der Waals surface area contributed by atoms with E-state index in [1.165, 1.54) is 25.1 Å². The van der Waals surface area contributed by atoms with Crippen LogP contribution in [0.4, 0.5) is 11.4 Å². The summed E-state index contributed by atoms with van der Waals surface area (Å²) in [4.78, 5) is 33.6. The molecule has 8 nitrogen and oxygen atoms in total. The van der Waals surface area contributed by atoms with Gasteiger partial charge in [0.2, 0.25) is 5.91 Å². The van der Waals surface area contributed by atoms with Gasteiger partial charge in [0.25, 0.3) is 5.69 Å². The molecule has 0 fully saturated rings. The van der Waals surface area contributed by atoms with Crippen molar-refractivity contribution in [2.45, 2.75) is 20.3 Å². The Bertz CT molecular complexity index is 846. The first kappa shape index (κ1) is 18.9. The van der Waals surface area contributed by atoms with Crippen LogP contribution in [0.15, 0.2) is 36.4 Å². The zero-order chi connectivity index (χ0) is 19.3. The number of nitrogens with one attached hydrogen (secondary N) is 1. The summed E-state index contributed by atoms with van der Waals surface area (Å²) < 4.78 is 4.93. The van der Waals surface area contributed by atoms with Crippen LogP contribution in [0, 0.1) is 10.1 Å². The summed E-state index contributed by atoms with van der Waals surface area (Å²) in [5.41, 5.74) is 1.41. The van der Waals surface area contributed by atoms with Gasteiger partial charge in [-0.15, -0.1) is 0 Å². The molecule has 8 heteroatoms. The minimum Gasteiger partial charge on any atom is -0.505 e. The zero-order valence-electron chi connectivity index (χ0n) is 14.3. The number of nitrogens with zero attached hydrogens (tertiary/aromatic N) is 1. The molecule has 0 aliphatic heterocycles. The van der Waals surface area contributed by atoms with Crippen molar-refractivity contribution in [1.82, 2.24) is 0 Å². The average molecular weight is 358 g/mol. The van der Waals surface area contributed by atoms with E-state index in [0.717, 1.165) is 5.56 Å². The molecule has 0 aromatic heterocycles. The third kappa shape index (κ3) is 4.56. The predicted octanol–water partition coefficient (Wildman–Crippen LogP) is 3.03. The van der Waals surface area contributed by atoms with Gasteiger partial charge < -0.3 is 15.2 Å². The molecule has 0 spiro atoms. The van der Waals surface area contributed by atoms with Gasteiger partial charge in [-0.05, 0) is 36.6 Å². The number of hydrogen-bond acceptors (Lipinski definition) is 6. The Morgan fingerprint density at radius 1 is 1.19 bits per heavy atom. The number of nitro groups is 1. The molecular formula is C18H18N2O6. The summed E-state index contributed by atoms with van der Waals surface area (Å²) in [7, 11) is 0. The lowest BCUT2D eigenvalue weighted by Crippen LogP contribution is -2.11. The lowest BCUT2D eigenvalue weighted by molar-refractivity contribution is -0.384. The number of hydrogen-bond donors (Lipinski definition) is 2. The number of nitro benzene ring substituents is 1. The third-order valence-corrected chi connectivity index (χ3v) is 3.53. The van der Waals surface area contributed by atoms with Crippen molar-refractivity contribution >= 4 is 23.3 Å². The van der Waals surface area contributed by atoms with Crippen molar-refractivity contribution < 1.29 is 24.4 Å². The van der Waals surface area contributed by atoms with Crippen molar-refractivity contribution in [3.05, 3.63) is 63.2 Å². The summed E-state index contributed by atoms with van der Waals surface area (Å²) in [5, 5.41) is 23.4.